The van der Waals surface area contributed by atoms with Crippen molar-refractivity contribution in [2.45, 2.75) is 26.8 Å². The molecule has 0 heterocycles. The van der Waals surface area contributed by atoms with E-state index in [1.165, 1.54) is 22.3 Å². The van der Waals surface area contributed by atoms with Crippen molar-refractivity contribution in [1.29, 1.82) is 0 Å². The summed E-state index contributed by atoms with van der Waals surface area (Å²) in [6, 6.07) is 15.1. The molecule has 0 aliphatic rings. The first-order valence-electron chi connectivity index (χ1n) is 6.70. The first kappa shape index (κ1) is 13.6. The highest BCUT2D eigenvalue weighted by molar-refractivity contribution is 5.50. The average molecular weight is 254 g/mol. The van der Waals surface area contributed by atoms with Crippen LogP contribution in [0.1, 0.15) is 28.3 Å². The number of hydrogen-bond acceptors (Lipinski definition) is 2. The zero-order valence-electron chi connectivity index (χ0n) is 11.9. The van der Waals surface area contributed by atoms with Crippen molar-refractivity contribution in [3.05, 3.63) is 64.7 Å². The lowest BCUT2D eigenvalue weighted by Crippen LogP contribution is -2.20. The maximum absolute atomic E-state index is 5.92. The normalized spacial score (nSPS) is 12.2. The second kappa shape index (κ2) is 5.89. The molecule has 0 saturated carbocycles. The number of rotatable bonds is 4. The molecule has 2 rings (SSSR count). The molecule has 2 aromatic rings. The quantitative estimate of drug-likeness (QED) is 0.872. The predicted octanol–water partition coefficient (Wildman–Crippen LogP) is 3.72. The fraction of sp³-hybridized carbons (Fsp3) is 0.294. The van der Waals surface area contributed by atoms with E-state index in [1.807, 2.05) is 0 Å². The molecule has 3 N–H and O–H groups in total. The Hall–Kier alpha value is -1.80. The fourth-order valence-electron chi connectivity index (χ4n) is 2.42. The van der Waals surface area contributed by atoms with E-state index >= 15 is 0 Å². The van der Waals surface area contributed by atoms with Crippen LogP contribution in [0.5, 0.6) is 0 Å². The molecule has 0 radical (unpaired) electrons. The van der Waals surface area contributed by atoms with Gasteiger partial charge in [-0.1, -0.05) is 35.9 Å². The average Bonchev–Trinajstić information content (AvgIpc) is 2.34. The van der Waals surface area contributed by atoms with Gasteiger partial charge in [0.2, 0.25) is 0 Å². The third kappa shape index (κ3) is 3.58. The Labute approximate surface area is 115 Å². The van der Waals surface area contributed by atoms with E-state index < -0.39 is 0 Å². The molecule has 0 saturated heterocycles. The van der Waals surface area contributed by atoms with Crippen molar-refractivity contribution < 1.29 is 0 Å². The highest BCUT2D eigenvalue weighted by atomic mass is 14.9. The minimum atomic E-state index is 0.154. The van der Waals surface area contributed by atoms with E-state index in [-0.39, 0.29) is 6.04 Å². The van der Waals surface area contributed by atoms with E-state index in [1.54, 1.807) is 0 Å². The lowest BCUT2D eigenvalue weighted by atomic mass is 10.0. The van der Waals surface area contributed by atoms with Gasteiger partial charge in [-0.05, 0) is 49.6 Å². The Kier molecular flexibility index (Phi) is 4.23. The summed E-state index contributed by atoms with van der Waals surface area (Å²) in [5.74, 6) is 0. The number of hydrogen-bond donors (Lipinski definition) is 2. The van der Waals surface area contributed by atoms with Gasteiger partial charge in [0.05, 0.1) is 6.04 Å². The van der Waals surface area contributed by atoms with Crippen molar-refractivity contribution in [3.8, 4) is 0 Å². The van der Waals surface area contributed by atoms with Crippen LogP contribution in [0.3, 0.4) is 0 Å². The fourth-order valence-corrected chi connectivity index (χ4v) is 2.42. The first-order chi connectivity index (χ1) is 9.08. The van der Waals surface area contributed by atoms with Gasteiger partial charge in [0.25, 0.3) is 0 Å². The van der Waals surface area contributed by atoms with Crippen LogP contribution in [0.25, 0.3) is 0 Å². The Balaban J connectivity index is 2.23. The van der Waals surface area contributed by atoms with Gasteiger partial charge >= 0.3 is 0 Å². The Morgan fingerprint density at radius 2 is 1.63 bits per heavy atom. The highest BCUT2D eigenvalue weighted by Crippen LogP contribution is 2.21. The summed E-state index contributed by atoms with van der Waals surface area (Å²) >= 11 is 0. The number of benzene rings is 2. The van der Waals surface area contributed by atoms with Gasteiger partial charge in [-0.15, -0.1) is 0 Å². The molecule has 0 fully saturated rings. The second-order valence-electron chi connectivity index (χ2n) is 5.22. The molecule has 2 heteroatoms. The predicted molar refractivity (Wildman–Crippen MR) is 82.5 cm³/mol. The molecule has 0 spiro atoms. The van der Waals surface area contributed by atoms with E-state index in [0.717, 1.165) is 5.69 Å². The van der Waals surface area contributed by atoms with Gasteiger partial charge in [0, 0.05) is 12.2 Å². The van der Waals surface area contributed by atoms with Crippen LogP contribution in [0.2, 0.25) is 0 Å². The monoisotopic (exact) mass is 254 g/mol. The molecule has 0 aromatic heterocycles. The van der Waals surface area contributed by atoms with Crippen molar-refractivity contribution in [2.75, 3.05) is 11.9 Å². The van der Waals surface area contributed by atoms with Gasteiger partial charge in [0.15, 0.2) is 0 Å². The van der Waals surface area contributed by atoms with E-state index in [9.17, 15) is 0 Å². The Morgan fingerprint density at radius 1 is 0.947 bits per heavy atom. The van der Waals surface area contributed by atoms with Crippen molar-refractivity contribution in [1.82, 2.24) is 0 Å². The highest BCUT2D eigenvalue weighted by Gasteiger charge is 2.09. The van der Waals surface area contributed by atoms with Gasteiger partial charge in [-0.3, -0.25) is 0 Å². The van der Waals surface area contributed by atoms with Gasteiger partial charge in [-0.2, -0.15) is 0 Å². The summed E-state index contributed by atoms with van der Waals surface area (Å²) in [5.41, 5.74) is 12.1. The number of anilines is 1. The summed E-state index contributed by atoms with van der Waals surface area (Å²) < 4.78 is 0. The third-order valence-electron chi connectivity index (χ3n) is 3.24. The smallest absolute Gasteiger partial charge is 0.0636 e. The number of aryl methyl sites for hydroxylation is 3. The maximum atomic E-state index is 5.92. The van der Waals surface area contributed by atoms with Crippen molar-refractivity contribution in [2.24, 2.45) is 5.73 Å². The Bertz CT molecular complexity index is 541. The summed E-state index contributed by atoms with van der Waals surface area (Å²) in [5, 5.41) is 3.53. The zero-order chi connectivity index (χ0) is 13.8. The molecule has 0 bridgehead atoms. The van der Waals surface area contributed by atoms with Crippen LogP contribution in [0, 0.1) is 20.8 Å². The van der Waals surface area contributed by atoms with Crippen LogP contribution in [-0.2, 0) is 0 Å². The molecule has 1 unspecified atom stereocenters. The van der Waals surface area contributed by atoms with Crippen LogP contribution < -0.4 is 11.1 Å². The van der Waals surface area contributed by atoms with Crippen LogP contribution in [0.15, 0.2) is 42.5 Å². The second-order valence-corrected chi connectivity index (χ2v) is 5.22. The molecule has 1 atom stereocenters. The van der Waals surface area contributed by atoms with E-state index in [4.69, 9.17) is 5.73 Å². The molecule has 19 heavy (non-hydrogen) atoms. The van der Waals surface area contributed by atoms with Crippen molar-refractivity contribution in [3.63, 3.8) is 0 Å². The Morgan fingerprint density at radius 3 is 2.21 bits per heavy atom. The summed E-state index contributed by atoms with van der Waals surface area (Å²) in [4.78, 5) is 0. The van der Waals surface area contributed by atoms with E-state index in [2.05, 4.69) is 68.6 Å². The van der Waals surface area contributed by atoms with Gasteiger partial charge in [-0.25, -0.2) is 0 Å². The summed E-state index contributed by atoms with van der Waals surface area (Å²) in [6.45, 7) is 6.91. The van der Waals surface area contributed by atoms with Gasteiger partial charge < -0.3 is 11.1 Å². The summed E-state index contributed by atoms with van der Waals surface area (Å²) in [6.07, 6.45) is 0. The summed E-state index contributed by atoms with van der Waals surface area (Å²) in [7, 11) is 0. The molecular weight excluding hydrogens is 232 g/mol. The molecule has 0 aliphatic carbocycles. The molecule has 2 nitrogen and oxygen atoms in total. The standard InChI is InChI=1S/C17H22N2/c1-12-5-4-6-15(8-12)17(11-18)19-16-9-13(2)7-14(3)10-16/h4-10,17,19H,11,18H2,1-3H3. The molecule has 0 amide bonds. The number of nitrogens with two attached hydrogens (primary N) is 1. The number of nitrogens with one attached hydrogen (secondary N) is 1. The molecular formula is C17H22N2. The van der Waals surface area contributed by atoms with E-state index in [0.29, 0.717) is 6.54 Å². The van der Waals surface area contributed by atoms with Crippen LogP contribution in [-0.4, -0.2) is 6.54 Å². The van der Waals surface area contributed by atoms with Crippen molar-refractivity contribution >= 4 is 5.69 Å². The molecule has 0 aliphatic heterocycles. The first-order valence-corrected chi connectivity index (χ1v) is 6.70. The lowest BCUT2D eigenvalue weighted by molar-refractivity contribution is 0.788. The SMILES string of the molecule is Cc1cc(C)cc(NC(CN)c2cccc(C)c2)c1. The molecule has 2 aromatic carbocycles. The third-order valence-corrected chi connectivity index (χ3v) is 3.24. The lowest BCUT2D eigenvalue weighted by Gasteiger charge is -2.20. The molecule has 100 valence electrons. The zero-order valence-corrected chi connectivity index (χ0v) is 11.9. The minimum absolute atomic E-state index is 0.154. The van der Waals surface area contributed by atoms with Gasteiger partial charge in [0.1, 0.15) is 0 Å². The van der Waals surface area contributed by atoms with Crippen LogP contribution in [0.4, 0.5) is 5.69 Å². The minimum Gasteiger partial charge on any atom is -0.377 e. The van der Waals surface area contributed by atoms with Crippen LogP contribution >= 0.6 is 0 Å². The maximum Gasteiger partial charge on any atom is 0.0636 e. The largest absolute Gasteiger partial charge is 0.377 e. The topological polar surface area (TPSA) is 38.0 Å².